The zero-order valence-electron chi connectivity index (χ0n) is 18.2. The van der Waals surface area contributed by atoms with Crippen LogP contribution in [0.25, 0.3) is 11.1 Å². The molecule has 1 heterocycles. The van der Waals surface area contributed by atoms with Crippen LogP contribution in [0, 0.1) is 0 Å². The molecular formula is C24H33NO4. The largest absolute Gasteiger partial charge is 0.454 e. The van der Waals surface area contributed by atoms with Gasteiger partial charge in [0.25, 0.3) is 0 Å². The Balaban J connectivity index is 0.000000771. The number of carbonyl (C=O) groups excluding carboxylic acids is 1. The highest BCUT2D eigenvalue weighted by Crippen LogP contribution is 2.39. The molecule has 2 aromatic rings. The number of hydrogen-bond acceptors (Lipinski definition) is 5. The molecule has 0 aromatic heterocycles. The summed E-state index contributed by atoms with van der Waals surface area (Å²) in [6, 6.07) is 12.4. The minimum Gasteiger partial charge on any atom is -0.454 e. The summed E-state index contributed by atoms with van der Waals surface area (Å²) < 4.78 is 15.2. The summed E-state index contributed by atoms with van der Waals surface area (Å²) >= 11 is 0. The SMILES string of the molecule is C=C.CCc1cc2c(cc1-c1ccc(C[C@H](NC)C(C)=O)cc1)OCO2.COC. The summed E-state index contributed by atoms with van der Waals surface area (Å²) in [4.78, 5) is 11.6. The van der Waals surface area contributed by atoms with Crippen molar-refractivity contribution >= 4 is 5.78 Å². The molecule has 2 aromatic carbocycles. The van der Waals surface area contributed by atoms with Gasteiger partial charge in [-0.3, -0.25) is 4.79 Å². The predicted octanol–water partition coefficient (Wildman–Crippen LogP) is 4.43. The molecule has 158 valence electrons. The van der Waals surface area contributed by atoms with Crippen molar-refractivity contribution in [3.63, 3.8) is 0 Å². The minimum absolute atomic E-state index is 0.132. The van der Waals surface area contributed by atoms with E-state index >= 15 is 0 Å². The van der Waals surface area contributed by atoms with Crippen LogP contribution in [0.5, 0.6) is 11.5 Å². The van der Waals surface area contributed by atoms with E-state index in [0.717, 1.165) is 29.0 Å². The third-order valence-corrected chi connectivity index (χ3v) is 4.52. The van der Waals surface area contributed by atoms with Crippen molar-refractivity contribution in [1.82, 2.24) is 5.32 Å². The molecule has 0 spiro atoms. The van der Waals surface area contributed by atoms with E-state index in [1.54, 1.807) is 21.1 Å². The fourth-order valence-electron chi connectivity index (χ4n) is 3.05. The van der Waals surface area contributed by atoms with Crippen molar-refractivity contribution in [3.8, 4) is 22.6 Å². The summed E-state index contributed by atoms with van der Waals surface area (Å²) in [5, 5.41) is 3.06. The van der Waals surface area contributed by atoms with Crippen LogP contribution in [0.4, 0.5) is 0 Å². The van der Waals surface area contributed by atoms with Gasteiger partial charge in [-0.2, -0.15) is 0 Å². The van der Waals surface area contributed by atoms with Gasteiger partial charge in [0.15, 0.2) is 11.5 Å². The van der Waals surface area contributed by atoms with E-state index in [-0.39, 0.29) is 18.6 Å². The number of nitrogens with one attached hydrogen (secondary N) is 1. The number of benzene rings is 2. The minimum atomic E-state index is -0.132. The quantitative estimate of drug-likeness (QED) is 0.729. The van der Waals surface area contributed by atoms with Gasteiger partial charge in [0, 0.05) is 14.2 Å². The number of hydrogen-bond donors (Lipinski definition) is 1. The van der Waals surface area contributed by atoms with Crippen LogP contribution in [0.1, 0.15) is 25.0 Å². The number of ketones is 1. The molecule has 5 nitrogen and oxygen atoms in total. The first-order valence-electron chi connectivity index (χ1n) is 9.63. The molecular weight excluding hydrogens is 366 g/mol. The molecule has 5 heteroatoms. The average Bonchev–Trinajstić information content (AvgIpc) is 3.20. The molecule has 0 fully saturated rings. The number of aryl methyl sites for hydroxylation is 1. The van der Waals surface area contributed by atoms with Crippen LogP contribution in [0.2, 0.25) is 0 Å². The van der Waals surface area contributed by atoms with Gasteiger partial charge in [-0.15, -0.1) is 13.2 Å². The van der Waals surface area contributed by atoms with Crippen LogP contribution in [0.15, 0.2) is 49.6 Å². The maximum atomic E-state index is 11.6. The molecule has 1 aliphatic rings. The standard InChI is InChI=1S/C20H23NO3.C2H6O.C2H4/c1-4-15-10-19-20(24-12-23-19)11-17(15)16-7-5-14(6-8-16)9-18(21-3)13(2)22;1-3-2;1-2/h5-8,10-11,18,21H,4,9,12H2,1-3H3;1-2H3;1-2H2/t18-;;/m0../s1. The monoisotopic (exact) mass is 399 g/mol. The Hall–Kier alpha value is -2.63. The normalized spacial score (nSPS) is 12.2. The number of Topliss-reactive ketones (excluding diaryl/α,β-unsaturated/α-hetero) is 1. The highest BCUT2D eigenvalue weighted by molar-refractivity contribution is 5.81. The summed E-state index contributed by atoms with van der Waals surface area (Å²) in [6.07, 6.45) is 1.63. The summed E-state index contributed by atoms with van der Waals surface area (Å²) in [5.41, 5.74) is 4.71. The van der Waals surface area contributed by atoms with E-state index in [0.29, 0.717) is 6.42 Å². The van der Waals surface area contributed by atoms with Crippen molar-refractivity contribution in [2.24, 2.45) is 0 Å². The van der Waals surface area contributed by atoms with Crippen LogP contribution >= 0.6 is 0 Å². The van der Waals surface area contributed by atoms with Gasteiger partial charge in [-0.05, 0) is 61.2 Å². The highest BCUT2D eigenvalue weighted by Gasteiger charge is 2.18. The molecule has 1 N–H and O–H groups in total. The molecule has 0 aliphatic carbocycles. The predicted molar refractivity (Wildman–Crippen MR) is 119 cm³/mol. The van der Waals surface area contributed by atoms with Gasteiger partial charge in [-0.1, -0.05) is 31.2 Å². The van der Waals surface area contributed by atoms with Gasteiger partial charge in [0.2, 0.25) is 6.79 Å². The summed E-state index contributed by atoms with van der Waals surface area (Å²) in [6.45, 7) is 10.0. The van der Waals surface area contributed by atoms with E-state index in [9.17, 15) is 4.79 Å². The molecule has 0 saturated heterocycles. The Kier molecular flexibility index (Phi) is 10.7. The Morgan fingerprint density at radius 1 is 1.14 bits per heavy atom. The zero-order valence-corrected chi connectivity index (χ0v) is 18.2. The van der Waals surface area contributed by atoms with E-state index in [4.69, 9.17) is 9.47 Å². The third-order valence-electron chi connectivity index (χ3n) is 4.52. The maximum absolute atomic E-state index is 11.6. The number of fused-ring (bicyclic) bond motifs is 1. The molecule has 0 unspecified atom stereocenters. The lowest BCUT2D eigenvalue weighted by Gasteiger charge is -2.14. The molecule has 1 aliphatic heterocycles. The van der Waals surface area contributed by atoms with E-state index < -0.39 is 0 Å². The van der Waals surface area contributed by atoms with E-state index in [1.165, 1.54) is 11.1 Å². The average molecular weight is 400 g/mol. The lowest BCUT2D eigenvalue weighted by atomic mass is 9.95. The van der Waals surface area contributed by atoms with Crippen LogP contribution in [-0.4, -0.2) is 39.9 Å². The van der Waals surface area contributed by atoms with Crippen molar-refractivity contribution in [3.05, 3.63) is 60.7 Å². The fourth-order valence-corrected chi connectivity index (χ4v) is 3.05. The van der Waals surface area contributed by atoms with Gasteiger partial charge in [0.1, 0.15) is 5.78 Å². The first-order valence-corrected chi connectivity index (χ1v) is 9.63. The Morgan fingerprint density at radius 3 is 2.17 bits per heavy atom. The second-order valence-electron chi connectivity index (χ2n) is 6.48. The number of ether oxygens (including phenoxy) is 3. The van der Waals surface area contributed by atoms with Crippen molar-refractivity contribution in [1.29, 1.82) is 0 Å². The summed E-state index contributed by atoms with van der Waals surface area (Å²) in [7, 11) is 5.07. The summed E-state index contributed by atoms with van der Waals surface area (Å²) in [5.74, 6) is 1.79. The first-order chi connectivity index (χ1) is 14.0. The highest BCUT2D eigenvalue weighted by atomic mass is 16.7. The lowest BCUT2D eigenvalue weighted by Crippen LogP contribution is -2.34. The Labute approximate surface area is 174 Å². The number of carbonyl (C=O) groups is 1. The lowest BCUT2D eigenvalue weighted by molar-refractivity contribution is -0.118. The molecule has 0 radical (unpaired) electrons. The zero-order chi connectivity index (χ0) is 21.8. The second kappa shape index (κ2) is 12.8. The molecule has 0 bridgehead atoms. The van der Waals surface area contributed by atoms with Gasteiger partial charge in [-0.25, -0.2) is 0 Å². The Morgan fingerprint density at radius 2 is 1.69 bits per heavy atom. The van der Waals surface area contributed by atoms with Gasteiger partial charge in [0.05, 0.1) is 6.04 Å². The molecule has 1 atom stereocenters. The Bertz CT molecular complexity index is 771. The van der Waals surface area contributed by atoms with Crippen LogP contribution in [0.3, 0.4) is 0 Å². The molecule has 3 rings (SSSR count). The van der Waals surface area contributed by atoms with Gasteiger partial charge < -0.3 is 19.5 Å². The number of methoxy groups -OCH3 is 1. The van der Waals surface area contributed by atoms with Crippen LogP contribution in [-0.2, 0) is 22.4 Å². The van der Waals surface area contributed by atoms with Crippen LogP contribution < -0.4 is 14.8 Å². The number of likely N-dealkylation sites (N-methyl/N-ethyl adjacent to an activating group) is 1. The fraction of sp³-hybridized carbons (Fsp3) is 0.375. The van der Waals surface area contributed by atoms with E-state index in [2.05, 4.69) is 66.5 Å². The molecule has 0 amide bonds. The maximum Gasteiger partial charge on any atom is 0.231 e. The first kappa shape index (κ1) is 24.4. The number of rotatable bonds is 6. The third kappa shape index (κ3) is 6.73. The topological polar surface area (TPSA) is 56.8 Å². The smallest absolute Gasteiger partial charge is 0.231 e. The molecule has 29 heavy (non-hydrogen) atoms. The van der Waals surface area contributed by atoms with E-state index in [1.807, 2.05) is 7.05 Å². The van der Waals surface area contributed by atoms with Crippen molar-refractivity contribution in [2.75, 3.05) is 28.1 Å². The molecule has 0 saturated carbocycles. The van der Waals surface area contributed by atoms with Crippen molar-refractivity contribution < 1.29 is 19.0 Å². The van der Waals surface area contributed by atoms with Crippen molar-refractivity contribution in [2.45, 2.75) is 32.7 Å². The second-order valence-corrected chi connectivity index (χ2v) is 6.48. The van der Waals surface area contributed by atoms with Gasteiger partial charge >= 0.3 is 0 Å².